The van der Waals surface area contributed by atoms with Crippen molar-refractivity contribution in [3.63, 3.8) is 0 Å². The topological polar surface area (TPSA) is 55.5 Å². The second kappa shape index (κ2) is 6.74. The monoisotopic (exact) mass is 285 g/mol. The van der Waals surface area contributed by atoms with Crippen molar-refractivity contribution in [2.45, 2.75) is 25.3 Å². The molecule has 3 nitrogen and oxygen atoms in total. The summed E-state index contributed by atoms with van der Waals surface area (Å²) in [6, 6.07) is 17.5. The van der Waals surface area contributed by atoms with Crippen LogP contribution in [0.25, 0.3) is 0 Å². The van der Waals surface area contributed by atoms with Gasteiger partial charge in [0.2, 0.25) is 0 Å². The Bertz CT molecular complexity index is 568. The number of aliphatic hydroxyl groups is 1. The first-order valence-electron chi connectivity index (χ1n) is 7.24. The van der Waals surface area contributed by atoms with E-state index in [0.29, 0.717) is 5.92 Å². The summed E-state index contributed by atoms with van der Waals surface area (Å²) in [5.74, 6) is 1.20. The molecule has 3 heteroatoms. The maximum absolute atomic E-state index is 9.69. The van der Waals surface area contributed by atoms with Crippen LogP contribution in [0.15, 0.2) is 54.6 Å². The van der Waals surface area contributed by atoms with Crippen molar-refractivity contribution >= 4 is 0 Å². The summed E-state index contributed by atoms with van der Waals surface area (Å²) in [5, 5.41) is 9.69. The van der Waals surface area contributed by atoms with Gasteiger partial charge in [0, 0.05) is 0 Å². The summed E-state index contributed by atoms with van der Waals surface area (Å²) in [7, 11) is 0. The van der Waals surface area contributed by atoms with E-state index in [1.54, 1.807) is 0 Å². The van der Waals surface area contributed by atoms with Gasteiger partial charge >= 0.3 is 0 Å². The van der Waals surface area contributed by atoms with Crippen molar-refractivity contribution in [3.8, 4) is 5.75 Å². The molecule has 21 heavy (non-hydrogen) atoms. The van der Waals surface area contributed by atoms with E-state index in [4.69, 9.17) is 10.5 Å². The third-order valence-corrected chi connectivity index (χ3v) is 3.66. The molecule has 1 atom stereocenters. The molecule has 0 saturated heterocycles. The zero-order valence-corrected chi connectivity index (χ0v) is 12.6. The molecule has 2 aromatic rings. The lowest BCUT2D eigenvalue weighted by molar-refractivity contribution is 0.132. The molecule has 0 aliphatic carbocycles. The number of aliphatic hydroxyl groups excluding tert-OH is 1. The van der Waals surface area contributed by atoms with Crippen molar-refractivity contribution < 1.29 is 9.84 Å². The van der Waals surface area contributed by atoms with Crippen LogP contribution < -0.4 is 10.5 Å². The Balaban J connectivity index is 2.18. The minimum atomic E-state index is -0.897. The number of ether oxygens (including phenoxy) is 1. The standard InChI is InChI=1S/C18H23NO2/c1-14(2)16-10-6-7-11-17(16)21-13-18(19,12-20)15-8-4-3-5-9-15/h3-11,14,20H,12-13,19H2,1-2H3. The molecule has 0 saturated carbocycles. The van der Waals surface area contributed by atoms with E-state index in [9.17, 15) is 5.11 Å². The molecule has 0 bridgehead atoms. The van der Waals surface area contributed by atoms with Crippen LogP contribution in [0.4, 0.5) is 0 Å². The zero-order valence-electron chi connectivity index (χ0n) is 12.6. The van der Waals surface area contributed by atoms with Gasteiger partial charge in [-0.25, -0.2) is 0 Å². The normalized spacial score (nSPS) is 14.0. The van der Waals surface area contributed by atoms with Gasteiger partial charge in [0.1, 0.15) is 12.4 Å². The van der Waals surface area contributed by atoms with Gasteiger partial charge in [-0.1, -0.05) is 62.4 Å². The highest BCUT2D eigenvalue weighted by atomic mass is 16.5. The Labute approximate surface area is 126 Å². The highest BCUT2D eigenvalue weighted by Crippen LogP contribution is 2.27. The Morgan fingerprint density at radius 1 is 1.05 bits per heavy atom. The first kappa shape index (κ1) is 15.5. The van der Waals surface area contributed by atoms with Gasteiger partial charge in [-0.15, -0.1) is 0 Å². The molecule has 0 fully saturated rings. The second-order valence-electron chi connectivity index (χ2n) is 5.66. The predicted molar refractivity (Wildman–Crippen MR) is 85.4 cm³/mol. The number of rotatable bonds is 6. The Morgan fingerprint density at radius 2 is 1.67 bits per heavy atom. The number of nitrogens with two attached hydrogens (primary N) is 1. The first-order chi connectivity index (χ1) is 10.1. The fourth-order valence-corrected chi connectivity index (χ4v) is 2.29. The van der Waals surface area contributed by atoms with Gasteiger partial charge in [-0.2, -0.15) is 0 Å². The molecule has 1 unspecified atom stereocenters. The van der Waals surface area contributed by atoms with E-state index < -0.39 is 5.54 Å². The van der Waals surface area contributed by atoms with Crippen LogP contribution in [-0.4, -0.2) is 18.3 Å². The highest BCUT2D eigenvalue weighted by molar-refractivity contribution is 5.36. The average Bonchev–Trinajstić information content (AvgIpc) is 2.53. The molecule has 0 aromatic heterocycles. The van der Waals surface area contributed by atoms with Gasteiger partial charge in [0.05, 0.1) is 12.1 Å². The van der Waals surface area contributed by atoms with E-state index in [-0.39, 0.29) is 13.2 Å². The van der Waals surface area contributed by atoms with E-state index in [1.807, 2.05) is 48.5 Å². The van der Waals surface area contributed by atoms with Crippen LogP contribution in [0.5, 0.6) is 5.75 Å². The lowest BCUT2D eigenvalue weighted by Gasteiger charge is -2.28. The minimum absolute atomic E-state index is 0.166. The molecular weight excluding hydrogens is 262 g/mol. The summed E-state index contributed by atoms with van der Waals surface area (Å²) in [4.78, 5) is 0. The summed E-state index contributed by atoms with van der Waals surface area (Å²) < 4.78 is 5.92. The maximum Gasteiger partial charge on any atom is 0.122 e. The zero-order chi connectivity index (χ0) is 15.3. The summed E-state index contributed by atoms with van der Waals surface area (Å²) in [6.45, 7) is 4.32. The van der Waals surface area contributed by atoms with Gasteiger partial charge in [-0.05, 0) is 23.1 Å². The smallest absolute Gasteiger partial charge is 0.122 e. The Kier molecular flexibility index (Phi) is 4.99. The molecule has 0 amide bonds. The third kappa shape index (κ3) is 3.63. The molecule has 112 valence electrons. The molecule has 2 rings (SSSR count). The third-order valence-electron chi connectivity index (χ3n) is 3.66. The van der Waals surface area contributed by atoms with Crippen LogP contribution in [0, 0.1) is 0 Å². The van der Waals surface area contributed by atoms with Gasteiger partial charge in [0.15, 0.2) is 0 Å². The largest absolute Gasteiger partial charge is 0.491 e. The molecule has 0 radical (unpaired) electrons. The van der Waals surface area contributed by atoms with Crippen LogP contribution in [0.1, 0.15) is 30.9 Å². The fourth-order valence-electron chi connectivity index (χ4n) is 2.29. The Hall–Kier alpha value is -1.84. The van der Waals surface area contributed by atoms with Crippen molar-refractivity contribution in [1.29, 1.82) is 0 Å². The van der Waals surface area contributed by atoms with Gasteiger partial charge in [-0.3, -0.25) is 0 Å². The molecule has 0 spiro atoms. The number of benzene rings is 2. The lowest BCUT2D eigenvalue weighted by Crippen LogP contribution is -2.46. The van der Waals surface area contributed by atoms with Crippen molar-refractivity contribution in [3.05, 3.63) is 65.7 Å². The fraction of sp³-hybridized carbons (Fsp3) is 0.333. The Morgan fingerprint density at radius 3 is 2.29 bits per heavy atom. The number of para-hydroxylation sites is 1. The van der Waals surface area contributed by atoms with E-state index in [2.05, 4.69) is 19.9 Å². The first-order valence-corrected chi connectivity index (χ1v) is 7.24. The van der Waals surface area contributed by atoms with Crippen LogP contribution >= 0.6 is 0 Å². The molecule has 0 heterocycles. The molecule has 0 aliphatic rings. The van der Waals surface area contributed by atoms with Crippen molar-refractivity contribution in [2.75, 3.05) is 13.2 Å². The number of hydrogen-bond acceptors (Lipinski definition) is 3. The van der Waals surface area contributed by atoms with Crippen LogP contribution in [0.3, 0.4) is 0 Å². The number of hydrogen-bond donors (Lipinski definition) is 2. The van der Waals surface area contributed by atoms with Gasteiger partial charge < -0.3 is 15.6 Å². The molecular formula is C18H23NO2. The SMILES string of the molecule is CC(C)c1ccccc1OCC(N)(CO)c1ccccc1. The second-order valence-corrected chi connectivity index (χ2v) is 5.66. The molecule has 3 N–H and O–H groups in total. The maximum atomic E-state index is 9.69. The molecule has 0 aliphatic heterocycles. The average molecular weight is 285 g/mol. The van der Waals surface area contributed by atoms with Crippen molar-refractivity contribution in [2.24, 2.45) is 5.73 Å². The summed E-state index contributed by atoms with van der Waals surface area (Å²) in [5.41, 5.74) is 7.43. The minimum Gasteiger partial charge on any atom is -0.491 e. The van der Waals surface area contributed by atoms with Crippen molar-refractivity contribution in [1.82, 2.24) is 0 Å². The lowest BCUT2D eigenvalue weighted by atomic mass is 9.93. The van der Waals surface area contributed by atoms with E-state index >= 15 is 0 Å². The van der Waals surface area contributed by atoms with Gasteiger partial charge in [0.25, 0.3) is 0 Å². The van der Waals surface area contributed by atoms with Crippen LogP contribution in [0.2, 0.25) is 0 Å². The molecule has 2 aromatic carbocycles. The van der Waals surface area contributed by atoms with Crippen LogP contribution in [-0.2, 0) is 5.54 Å². The van der Waals surface area contributed by atoms with E-state index in [0.717, 1.165) is 16.9 Å². The predicted octanol–water partition coefficient (Wildman–Crippen LogP) is 3.04. The summed E-state index contributed by atoms with van der Waals surface area (Å²) >= 11 is 0. The quantitative estimate of drug-likeness (QED) is 0.857. The highest BCUT2D eigenvalue weighted by Gasteiger charge is 2.28. The summed E-state index contributed by atoms with van der Waals surface area (Å²) in [6.07, 6.45) is 0. The van der Waals surface area contributed by atoms with E-state index in [1.165, 1.54) is 0 Å².